The highest BCUT2D eigenvalue weighted by Gasteiger charge is 2.18. The first-order valence-corrected chi connectivity index (χ1v) is 7.59. The van der Waals surface area contributed by atoms with E-state index >= 15 is 0 Å². The predicted octanol–water partition coefficient (Wildman–Crippen LogP) is 4.42. The summed E-state index contributed by atoms with van der Waals surface area (Å²) in [5.41, 5.74) is 1.48. The van der Waals surface area contributed by atoms with Gasteiger partial charge in [0.25, 0.3) is 0 Å². The maximum absolute atomic E-state index is 3.74. The molecular weight excluding hydrogens is 218 g/mol. The van der Waals surface area contributed by atoms with Gasteiger partial charge in [0, 0.05) is 6.04 Å². The van der Waals surface area contributed by atoms with Gasteiger partial charge in [-0.1, -0.05) is 63.9 Å². The Morgan fingerprint density at radius 3 is 2.28 bits per heavy atom. The Morgan fingerprint density at radius 2 is 1.72 bits per heavy atom. The zero-order chi connectivity index (χ0) is 13.2. The molecule has 0 saturated carbocycles. The van der Waals surface area contributed by atoms with Crippen LogP contribution in [0.25, 0.3) is 0 Å². The lowest BCUT2D eigenvalue weighted by Crippen LogP contribution is -2.37. The molecule has 2 unspecified atom stereocenters. The van der Waals surface area contributed by atoms with Gasteiger partial charge in [-0.05, 0) is 37.3 Å². The van der Waals surface area contributed by atoms with E-state index < -0.39 is 0 Å². The topological polar surface area (TPSA) is 12.0 Å². The molecule has 0 aliphatic rings. The molecule has 1 nitrogen and oxygen atoms in total. The Hall–Kier alpha value is -0.820. The summed E-state index contributed by atoms with van der Waals surface area (Å²) in [5, 5.41) is 3.74. The van der Waals surface area contributed by atoms with Crippen molar-refractivity contribution in [1.82, 2.24) is 5.32 Å². The molecule has 0 radical (unpaired) electrons. The highest BCUT2D eigenvalue weighted by Crippen LogP contribution is 2.19. The van der Waals surface area contributed by atoms with E-state index in [0.29, 0.717) is 6.04 Å². The Bertz CT molecular complexity index is 294. The lowest BCUT2D eigenvalue weighted by molar-refractivity contribution is 0.322. The van der Waals surface area contributed by atoms with Crippen LogP contribution in [-0.2, 0) is 6.42 Å². The van der Waals surface area contributed by atoms with Gasteiger partial charge in [0.2, 0.25) is 0 Å². The SMILES string of the molecule is CCCNC(CCC)C(CC)Cc1ccccc1. The van der Waals surface area contributed by atoms with E-state index in [2.05, 4.69) is 56.4 Å². The fourth-order valence-electron chi connectivity index (χ4n) is 2.63. The van der Waals surface area contributed by atoms with Crippen molar-refractivity contribution >= 4 is 0 Å². The zero-order valence-corrected chi connectivity index (χ0v) is 12.3. The van der Waals surface area contributed by atoms with Crippen molar-refractivity contribution in [3.8, 4) is 0 Å². The van der Waals surface area contributed by atoms with Crippen molar-refractivity contribution in [1.29, 1.82) is 0 Å². The lowest BCUT2D eigenvalue weighted by atomic mass is 9.87. The third-order valence-corrected chi connectivity index (χ3v) is 3.69. The van der Waals surface area contributed by atoms with Crippen LogP contribution in [0, 0.1) is 5.92 Å². The molecule has 0 amide bonds. The molecule has 0 aromatic heterocycles. The van der Waals surface area contributed by atoms with Crippen molar-refractivity contribution in [2.45, 2.75) is 58.9 Å². The van der Waals surface area contributed by atoms with Crippen molar-refractivity contribution in [2.24, 2.45) is 5.92 Å². The van der Waals surface area contributed by atoms with Crippen LogP contribution in [0.2, 0.25) is 0 Å². The second kappa shape index (κ2) is 9.16. The van der Waals surface area contributed by atoms with Gasteiger partial charge < -0.3 is 5.32 Å². The molecule has 1 aromatic rings. The summed E-state index contributed by atoms with van der Waals surface area (Å²) in [6.07, 6.45) is 6.26. The fourth-order valence-corrected chi connectivity index (χ4v) is 2.63. The average molecular weight is 247 g/mol. The summed E-state index contributed by atoms with van der Waals surface area (Å²) in [6.45, 7) is 8.00. The van der Waals surface area contributed by atoms with Crippen molar-refractivity contribution in [3.63, 3.8) is 0 Å². The summed E-state index contributed by atoms with van der Waals surface area (Å²) >= 11 is 0. The molecule has 0 bridgehead atoms. The summed E-state index contributed by atoms with van der Waals surface area (Å²) in [6, 6.07) is 11.6. The summed E-state index contributed by atoms with van der Waals surface area (Å²) in [4.78, 5) is 0. The van der Waals surface area contributed by atoms with Crippen molar-refractivity contribution in [3.05, 3.63) is 35.9 Å². The van der Waals surface area contributed by atoms with Gasteiger partial charge in [0.05, 0.1) is 0 Å². The molecule has 1 heteroatoms. The third-order valence-electron chi connectivity index (χ3n) is 3.69. The fraction of sp³-hybridized carbons (Fsp3) is 0.647. The smallest absolute Gasteiger partial charge is 0.00982 e. The summed E-state index contributed by atoms with van der Waals surface area (Å²) in [7, 11) is 0. The van der Waals surface area contributed by atoms with Gasteiger partial charge >= 0.3 is 0 Å². The molecule has 102 valence electrons. The molecule has 18 heavy (non-hydrogen) atoms. The number of nitrogens with one attached hydrogen (secondary N) is 1. The zero-order valence-electron chi connectivity index (χ0n) is 12.3. The molecule has 0 heterocycles. The van der Waals surface area contributed by atoms with E-state index in [-0.39, 0.29) is 0 Å². The van der Waals surface area contributed by atoms with Crippen LogP contribution >= 0.6 is 0 Å². The quantitative estimate of drug-likeness (QED) is 0.681. The van der Waals surface area contributed by atoms with E-state index in [9.17, 15) is 0 Å². The first-order valence-electron chi connectivity index (χ1n) is 7.59. The van der Waals surface area contributed by atoms with Crippen LogP contribution in [0.1, 0.15) is 52.0 Å². The minimum absolute atomic E-state index is 0.681. The molecule has 0 aliphatic carbocycles. The lowest BCUT2D eigenvalue weighted by Gasteiger charge is -2.27. The maximum Gasteiger partial charge on any atom is 0.00982 e. The molecule has 0 fully saturated rings. The number of hydrogen-bond acceptors (Lipinski definition) is 1. The minimum atomic E-state index is 0.681. The van der Waals surface area contributed by atoms with Gasteiger partial charge in [-0.2, -0.15) is 0 Å². The Balaban J connectivity index is 2.60. The van der Waals surface area contributed by atoms with Crippen molar-refractivity contribution < 1.29 is 0 Å². The molecule has 2 atom stereocenters. The average Bonchev–Trinajstić information content (AvgIpc) is 2.42. The second-order valence-corrected chi connectivity index (χ2v) is 5.21. The van der Waals surface area contributed by atoms with Gasteiger partial charge in [-0.15, -0.1) is 0 Å². The highest BCUT2D eigenvalue weighted by molar-refractivity contribution is 5.15. The standard InChI is InChI=1S/C17H29N/c1-4-10-17(18-13-5-2)16(6-3)14-15-11-8-7-9-12-15/h7-9,11-12,16-18H,4-6,10,13-14H2,1-3H3. The van der Waals surface area contributed by atoms with Gasteiger partial charge in [0.15, 0.2) is 0 Å². The first-order chi connectivity index (χ1) is 8.81. The van der Waals surface area contributed by atoms with Crippen LogP contribution in [0.3, 0.4) is 0 Å². The number of rotatable bonds is 9. The molecule has 0 aliphatic heterocycles. The van der Waals surface area contributed by atoms with Crippen LogP contribution in [0.15, 0.2) is 30.3 Å². The second-order valence-electron chi connectivity index (χ2n) is 5.21. The Kier molecular flexibility index (Phi) is 7.75. The van der Waals surface area contributed by atoms with Crippen LogP contribution in [0.4, 0.5) is 0 Å². The highest BCUT2D eigenvalue weighted by atomic mass is 14.9. The minimum Gasteiger partial charge on any atom is -0.314 e. The third kappa shape index (κ3) is 5.22. The van der Waals surface area contributed by atoms with Crippen LogP contribution in [-0.4, -0.2) is 12.6 Å². The summed E-state index contributed by atoms with van der Waals surface area (Å²) in [5.74, 6) is 0.763. The predicted molar refractivity (Wildman–Crippen MR) is 80.9 cm³/mol. The van der Waals surface area contributed by atoms with Crippen molar-refractivity contribution in [2.75, 3.05) is 6.54 Å². The van der Waals surface area contributed by atoms with E-state index in [0.717, 1.165) is 12.5 Å². The Morgan fingerprint density at radius 1 is 1.00 bits per heavy atom. The van der Waals surface area contributed by atoms with Crippen LogP contribution < -0.4 is 5.32 Å². The van der Waals surface area contributed by atoms with Gasteiger partial charge in [0.1, 0.15) is 0 Å². The molecular formula is C17H29N. The molecule has 0 saturated heterocycles. The van der Waals surface area contributed by atoms with Crippen LogP contribution in [0.5, 0.6) is 0 Å². The number of benzene rings is 1. The monoisotopic (exact) mass is 247 g/mol. The molecule has 1 N–H and O–H groups in total. The Labute approximate surface area is 113 Å². The summed E-state index contributed by atoms with van der Waals surface area (Å²) < 4.78 is 0. The number of hydrogen-bond donors (Lipinski definition) is 1. The molecule has 0 spiro atoms. The molecule has 1 rings (SSSR count). The van der Waals surface area contributed by atoms with E-state index in [1.807, 2.05) is 0 Å². The first kappa shape index (κ1) is 15.2. The maximum atomic E-state index is 3.74. The van der Waals surface area contributed by atoms with E-state index in [1.165, 1.54) is 37.7 Å². The van der Waals surface area contributed by atoms with Gasteiger partial charge in [-0.3, -0.25) is 0 Å². The normalized spacial score (nSPS) is 14.4. The van der Waals surface area contributed by atoms with Gasteiger partial charge in [-0.25, -0.2) is 0 Å². The molecule has 1 aromatic carbocycles. The van der Waals surface area contributed by atoms with E-state index in [4.69, 9.17) is 0 Å². The largest absolute Gasteiger partial charge is 0.314 e. The van der Waals surface area contributed by atoms with E-state index in [1.54, 1.807) is 0 Å².